The van der Waals surface area contributed by atoms with Crippen LogP contribution >= 0.6 is 7.82 Å². The number of carbonyl (C=O) groups excluding carboxylic acids is 2. The highest BCUT2D eigenvalue weighted by atomic mass is 31.2. The van der Waals surface area contributed by atoms with Gasteiger partial charge in [0, 0.05) is 12.8 Å². The molecule has 2 unspecified atom stereocenters. The lowest BCUT2D eigenvalue weighted by atomic mass is 10.1. The monoisotopic (exact) mass is 745 g/mol. The largest absolute Gasteiger partial charge is 0.472 e. The molecule has 51 heavy (non-hydrogen) atoms. The first-order valence-corrected chi connectivity index (χ1v) is 21.3. The van der Waals surface area contributed by atoms with Gasteiger partial charge in [0.1, 0.15) is 19.8 Å². The lowest BCUT2D eigenvalue weighted by Gasteiger charge is -2.24. The first-order valence-electron chi connectivity index (χ1n) is 19.8. The summed E-state index contributed by atoms with van der Waals surface area (Å²) in [4.78, 5) is 35.2. The van der Waals surface area contributed by atoms with Gasteiger partial charge in [-0.1, -0.05) is 134 Å². The molecule has 0 spiro atoms. The van der Waals surface area contributed by atoms with Crippen LogP contribution in [-0.4, -0.2) is 86.1 Å². The normalized spacial score (nSPS) is 14.7. The molecule has 0 aromatic heterocycles. The summed E-state index contributed by atoms with van der Waals surface area (Å²) in [5, 5.41) is 9.86. The molecule has 3 atom stereocenters. The van der Waals surface area contributed by atoms with E-state index in [1.54, 1.807) is 6.08 Å². The van der Waals surface area contributed by atoms with Gasteiger partial charge >= 0.3 is 19.8 Å². The van der Waals surface area contributed by atoms with Crippen LogP contribution in [0.3, 0.4) is 0 Å². The quantitative estimate of drug-likeness (QED) is 0.0163. The predicted octanol–water partition coefficient (Wildman–Crippen LogP) is 9.54. The summed E-state index contributed by atoms with van der Waals surface area (Å²) in [6.45, 7) is 4.14. The van der Waals surface area contributed by atoms with Gasteiger partial charge in [0.15, 0.2) is 6.10 Å². The Hall–Kier alpha value is -1.81. The number of hydrogen-bond acceptors (Lipinski definition) is 8. The average molecular weight is 745 g/mol. The molecule has 0 rings (SSSR count). The lowest BCUT2D eigenvalue weighted by molar-refractivity contribution is -0.870. The molecule has 10 nitrogen and oxygen atoms in total. The van der Waals surface area contributed by atoms with E-state index in [1.165, 1.54) is 44.9 Å². The van der Waals surface area contributed by atoms with E-state index in [4.69, 9.17) is 18.5 Å². The summed E-state index contributed by atoms with van der Waals surface area (Å²) in [6.07, 6.45) is 30.9. The minimum absolute atomic E-state index is 0.0199. The van der Waals surface area contributed by atoms with Crippen LogP contribution in [0.1, 0.15) is 149 Å². The summed E-state index contributed by atoms with van der Waals surface area (Å²) >= 11 is 0. The summed E-state index contributed by atoms with van der Waals surface area (Å²) in [5.74, 6) is -0.854. The zero-order chi connectivity index (χ0) is 38.1. The number of unbranched alkanes of at least 4 members (excludes halogenated alkanes) is 15. The van der Waals surface area contributed by atoms with E-state index in [0.717, 1.165) is 57.8 Å². The first-order chi connectivity index (χ1) is 24.4. The average Bonchev–Trinajstić information content (AvgIpc) is 3.06. The third-order valence-electron chi connectivity index (χ3n) is 8.26. The smallest absolute Gasteiger partial charge is 0.462 e. The number of phosphoric acid groups is 1. The number of aliphatic hydroxyl groups is 1. The Morgan fingerprint density at radius 3 is 1.86 bits per heavy atom. The Balaban J connectivity index is 4.47. The van der Waals surface area contributed by atoms with Crippen molar-refractivity contribution in [2.75, 3.05) is 47.5 Å². The van der Waals surface area contributed by atoms with Gasteiger partial charge in [0.25, 0.3) is 0 Å². The molecule has 2 N–H and O–H groups in total. The van der Waals surface area contributed by atoms with Crippen molar-refractivity contribution in [1.82, 2.24) is 0 Å². The van der Waals surface area contributed by atoms with Crippen molar-refractivity contribution < 1.29 is 47.2 Å². The van der Waals surface area contributed by atoms with Crippen LogP contribution < -0.4 is 0 Å². The fourth-order valence-corrected chi connectivity index (χ4v) is 5.85. The summed E-state index contributed by atoms with van der Waals surface area (Å²) in [5.41, 5.74) is 0. The molecular formula is C40H75NO9P+. The van der Waals surface area contributed by atoms with E-state index in [-0.39, 0.29) is 26.1 Å². The van der Waals surface area contributed by atoms with Crippen LogP contribution in [0.15, 0.2) is 36.5 Å². The third kappa shape index (κ3) is 36.3. The Morgan fingerprint density at radius 2 is 1.27 bits per heavy atom. The molecular weight excluding hydrogens is 669 g/mol. The number of ether oxygens (including phenoxy) is 2. The SMILES string of the molecule is CC/C=C/CC(O)/C=C/C=C/CCCCCCCC(=O)OC[C@H](COP(=O)(O)OCC[N+](C)(C)C)OC(=O)CCCCCCCCCCCCC. The number of hydrogen-bond donors (Lipinski definition) is 2. The number of carbonyl (C=O) groups is 2. The van der Waals surface area contributed by atoms with Gasteiger partial charge in [-0.05, 0) is 38.5 Å². The lowest BCUT2D eigenvalue weighted by Crippen LogP contribution is -2.37. The zero-order valence-electron chi connectivity index (χ0n) is 32.9. The van der Waals surface area contributed by atoms with Crippen molar-refractivity contribution in [1.29, 1.82) is 0 Å². The van der Waals surface area contributed by atoms with Crippen LogP contribution in [0.2, 0.25) is 0 Å². The number of allylic oxidation sites excluding steroid dienone is 4. The number of rotatable bonds is 35. The summed E-state index contributed by atoms with van der Waals surface area (Å²) in [7, 11) is 1.43. The van der Waals surface area contributed by atoms with Gasteiger partial charge < -0.3 is 24.0 Å². The molecule has 0 aliphatic carbocycles. The second-order valence-electron chi connectivity index (χ2n) is 14.5. The van der Waals surface area contributed by atoms with Crippen LogP contribution in [0.4, 0.5) is 0 Å². The fourth-order valence-electron chi connectivity index (χ4n) is 5.11. The summed E-state index contributed by atoms with van der Waals surface area (Å²) < 4.78 is 34.1. The molecule has 0 saturated heterocycles. The Kier molecular flexibility index (Phi) is 31.6. The van der Waals surface area contributed by atoms with Crippen molar-refractivity contribution >= 4 is 19.8 Å². The van der Waals surface area contributed by atoms with E-state index in [9.17, 15) is 24.2 Å². The maximum absolute atomic E-state index is 12.6. The molecule has 0 amide bonds. The van der Waals surface area contributed by atoms with Gasteiger partial charge in [0.2, 0.25) is 0 Å². The molecule has 0 aromatic rings. The highest BCUT2D eigenvalue weighted by Crippen LogP contribution is 2.43. The molecule has 0 radical (unpaired) electrons. The molecule has 0 bridgehead atoms. The number of aliphatic hydroxyl groups excluding tert-OH is 1. The highest BCUT2D eigenvalue weighted by Gasteiger charge is 2.27. The van der Waals surface area contributed by atoms with Gasteiger partial charge in [-0.15, -0.1) is 0 Å². The van der Waals surface area contributed by atoms with Crippen molar-refractivity contribution in [2.24, 2.45) is 0 Å². The Bertz CT molecular complexity index is 993. The molecule has 0 fully saturated rings. The molecule has 0 aliphatic heterocycles. The highest BCUT2D eigenvalue weighted by molar-refractivity contribution is 7.47. The molecule has 0 heterocycles. The maximum Gasteiger partial charge on any atom is 0.472 e. The van der Waals surface area contributed by atoms with Crippen LogP contribution in [0, 0.1) is 0 Å². The van der Waals surface area contributed by atoms with Gasteiger partial charge in [0.05, 0.1) is 33.9 Å². The van der Waals surface area contributed by atoms with Crippen LogP contribution in [0.5, 0.6) is 0 Å². The maximum atomic E-state index is 12.6. The predicted molar refractivity (Wildman–Crippen MR) is 207 cm³/mol. The van der Waals surface area contributed by atoms with E-state index in [0.29, 0.717) is 30.3 Å². The van der Waals surface area contributed by atoms with Gasteiger partial charge in [-0.3, -0.25) is 18.6 Å². The van der Waals surface area contributed by atoms with Crippen LogP contribution in [0.25, 0.3) is 0 Å². The molecule has 0 aromatic carbocycles. The Morgan fingerprint density at radius 1 is 0.706 bits per heavy atom. The minimum atomic E-state index is -4.38. The van der Waals surface area contributed by atoms with E-state index in [2.05, 4.69) is 19.9 Å². The second-order valence-corrected chi connectivity index (χ2v) is 15.9. The van der Waals surface area contributed by atoms with Crippen molar-refractivity contribution in [2.45, 2.75) is 161 Å². The second kappa shape index (κ2) is 32.8. The number of likely N-dealkylation sites (N-methyl/N-ethyl adjacent to an activating group) is 1. The standard InChI is InChI=1S/C40H74NO9P/c1-6-8-10-11-12-13-14-17-21-24-28-32-40(44)50-38(36-49-51(45,46)48-34-33-41(3,4)5)35-47-39(43)31-27-23-20-18-15-16-19-22-26-30-37(42)29-25-9-7-2/h9,19,22,25-26,30,37-38,42H,6-8,10-18,20-21,23-24,27-29,31-36H2,1-5H3/p+1/b22-19+,25-9+,30-26+/t37?,38-/m1/s1. The molecule has 0 aliphatic rings. The number of nitrogens with zero attached hydrogens (tertiary/aromatic N) is 1. The van der Waals surface area contributed by atoms with Gasteiger partial charge in [-0.25, -0.2) is 4.57 Å². The van der Waals surface area contributed by atoms with E-state index in [1.807, 2.05) is 45.4 Å². The first kappa shape index (κ1) is 49.2. The fraction of sp³-hybridized carbons (Fsp3) is 0.800. The number of quaternary nitrogens is 1. The Labute approximate surface area is 311 Å². The number of phosphoric ester groups is 1. The van der Waals surface area contributed by atoms with Crippen LogP contribution in [-0.2, 0) is 32.7 Å². The minimum Gasteiger partial charge on any atom is -0.462 e. The summed E-state index contributed by atoms with van der Waals surface area (Å²) in [6, 6.07) is 0. The van der Waals surface area contributed by atoms with Gasteiger partial charge in [-0.2, -0.15) is 0 Å². The van der Waals surface area contributed by atoms with E-state index < -0.39 is 38.6 Å². The van der Waals surface area contributed by atoms with E-state index >= 15 is 0 Å². The topological polar surface area (TPSA) is 129 Å². The zero-order valence-corrected chi connectivity index (χ0v) is 33.8. The molecule has 0 saturated carbocycles. The number of esters is 2. The van der Waals surface area contributed by atoms with Crippen molar-refractivity contribution in [3.63, 3.8) is 0 Å². The van der Waals surface area contributed by atoms with Crippen molar-refractivity contribution in [3.05, 3.63) is 36.5 Å². The molecule has 298 valence electrons. The third-order valence-corrected chi connectivity index (χ3v) is 9.25. The molecule has 11 heteroatoms. The van der Waals surface area contributed by atoms with Crippen molar-refractivity contribution in [3.8, 4) is 0 Å².